The van der Waals surface area contributed by atoms with Gasteiger partial charge in [0, 0.05) is 6.07 Å². The van der Waals surface area contributed by atoms with Crippen molar-refractivity contribution in [3.8, 4) is 5.75 Å². The summed E-state index contributed by atoms with van der Waals surface area (Å²) < 4.78 is 32.9. The second kappa shape index (κ2) is 8.63. The minimum absolute atomic E-state index is 0.0238. The number of nitrogens with one attached hydrogen (secondary N) is 1. The summed E-state index contributed by atoms with van der Waals surface area (Å²) in [6.07, 6.45) is 0. The quantitative estimate of drug-likeness (QED) is 0.551. The number of nitrogens with zero attached hydrogens (tertiary/aromatic N) is 1. The SMILES string of the molecule is CCOc1ccccc1NC1=C(c2ccc(C)cc2)C(=O)N(c2ccc(F)c(F)c2)C1=O. The summed E-state index contributed by atoms with van der Waals surface area (Å²) in [6.45, 7) is 4.16. The van der Waals surface area contributed by atoms with E-state index in [1.807, 2.05) is 26.0 Å². The van der Waals surface area contributed by atoms with Gasteiger partial charge in [0.25, 0.3) is 11.8 Å². The van der Waals surface area contributed by atoms with Crippen molar-refractivity contribution in [1.82, 2.24) is 0 Å². The summed E-state index contributed by atoms with van der Waals surface area (Å²) in [5, 5.41) is 3.04. The van der Waals surface area contributed by atoms with E-state index in [9.17, 15) is 18.4 Å². The Morgan fingerprint density at radius 2 is 1.62 bits per heavy atom. The molecule has 0 bridgehead atoms. The van der Waals surface area contributed by atoms with E-state index in [0.29, 0.717) is 23.6 Å². The summed E-state index contributed by atoms with van der Waals surface area (Å²) in [7, 11) is 0. The van der Waals surface area contributed by atoms with Gasteiger partial charge >= 0.3 is 0 Å². The maximum atomic E-state index is 13.9. The minimum Gasteiger partial charge on any atom is -0.492 e. The molecule has 0 saturated heterocycles. The number of aryl methyl sites for hydroxylation is 1. The molecular weight excluding hydrogens is 414 g/mol. The molecule has 0 aromatic heterocycles. The Kier molecular flexibility index (Phi) is 5.73. The molecule has 1 N–H and O–H groups in total. The summed E-state index contributed by atoms with van der Waals surface area (Å²) >= 11 is 0. The van der Waals surface area contributed by atoms with Gasteiger partial charge < -0.3 is 10.1 Å². The van der Waals surface area contributed by atoms with Gasteiger partial charge in [-0.1, -0.05) is 42.0 Å². The predicted molar refractivity (Wildman–Crippen MR) is 118 cm³/mol. The van der Waals surface area contributed by atoms with Gasteiger partial charge in [-0.25, -0.2) is 13.7 Å². The molecule has 1 aliphatic rings. The molecule has 0 atom stereocenters. The Labute approximate surface area is 183 Å². The van der Waals surface area contributed by atoms with E-state index < -0.39 is 23.4 Å². The average Bonchev–Trinajstić information content (AvgIpc) is 3.02. The smallest absolute Gasteiger partial charge is 0.282 e. The van der Waals surface area contributed by atoms with Gasteiger partial charge in [0.1, 0.15) is 11.4 Å². The molecule has 0 saturated carbocycles. The highest BCUT2D eigenvalue weighted by Gasteiger charge is 2.40. The Balaban J connectivity index is 1.83. The van der Waals surface area contributed by atoms with Crippen LogP contribution in [0.4, 0.5) is 20.2 Å². The van der Waals surface area contributed by atoms with Crippen molar-refractivity contribution in [2.45, 2.75) is 13.8 Å². The van der Waals surface area contributed by atoms with E-state index in [0.717, 1.165) is 22.6 Å². The lowest BCUT2D eigenvalue weighted by atomic mass is 10.0. The third kappa shape index (κ3) is 3.85. The molecule has 7 heteroatoms. The number of carbonyl (C=O) groups is 2. The second-order valence-corrected chi connectivity index (χ2v) is 7.21. The second-order valence-electron chi connectivity index (χ2n) is 7.21. The molecule has 162 valence electrons. The highest BCUT2D eigenvalue weighted by molar-refractivity contribution is 6.46. The van der Waals surface area contributed by atoms with Crippen LogP contribution in [0.2, 0.25) is 0 Å². The van der Waals surface area contributed by atoms with E-state index >= 15 is 0 Å². The van der Waals surface area contributed by atoms with Gasteiger partial charge in [0.15, 0.2) is 11.6 Å². The summed E-state index contributed by atoms with van der Waals surface area (Å²) in [6, 6.07) is 17.1. The lowest BCUT2D eigenvalue weighted by Crippen LogP contribution is -2.32. The molecule has 0 fully saturated rings. The number of imide groups is 1. The third-order valence-corrected chi connectivity index (χ3v) is 5.03. The fraction of sp³-hybridized carbons (Fsp3) is 0.120. The average molecular weight is 434 g/mol. The van der Waals surface area contributed by atoms with Crippen LogP contribution in [0.3, 0.4) is 0 Å². The first-order valence-corrected chi connectivity index (χ1v) is 10.0. The largest absolute Gasteiger partial charge is 0.492 e. The van der Waals surface area contributed by atoms with E-state index in [-0.39, 0.29) is 17.0 Å². The van der Waals surface area contributed by atoms with Crippen LogP contribution in [0.1, 0.15) is 18.1 Å². The van der Waals surface area contributed by atoms with E-state index in [1.54, 1.807) is 36.4 Å². The molecule has 5 nitrogen and oxygen atoms in total. The normalized spacial score (nSPS) is 13.7. The van der Waals surface area contributed by atoms with Crippen LogP contribution in [0.15, 0.2) is 72.4 Å². The van der Waals surface area contributed by atoms with Gasteiger partial charge in [-0.15, -0.1) is 0 Å². The molecule has 0 aliphatic carbocycles. The molecule has 1 heterocycles. The zero-order chi connectivity index (χ0) is 22.8. The third-order valence-electron chi connectivity index (χ3n) is 5.03. The highest BCUT2D eigenvalue weighted by Crippen LogP contribution is 2.36. The molecular formula is C25H20F2N2O3. The molecule has 0 spiro atoms. The number of hydrogen-bond acceptors (Lipinski definition) is 4. The molecule has 0 radical (unpaired) electrons. The zero-order valence-corrected chi connectivity index (χ0v) is 17.5. The van der Waals surface area contributed by atoms with Gasteiger partial charge in [0.05, 0.1) is 23.6 Å². The fourth-order valence-corrected chi connectivity index (χ4v) is 3.48. The summed E-state index contributed by atoms with van der Waals surface area (Å²) in [5.74, 6) is -3.02. The Morgan fingerprint density at radius 3 is 2.31 bits per heavy atom. The lowest BCUT2D eigenvalue weighted by molar-refractivity contribution is -0.120. The van der Waals surface area contributed by atoms with Crippen LogP contribution >= 0.6 is 0 Å². The van der Waals surface area contributed by atoms with Gasteiger partial charge in [-0.2, -0.15) is 0 Å². The van der Waals surface area contributed by atoms with Crippen LogP contribution in [-0.2, 0) is 9.59 Å². The van der Waals surface area contributed by atoms with E-state index in [1.165, 1.54) is 6.07 Å². The minimum atomic E-state index is -1.15. The number of carbonyl (C=O) groups excluding carboxylic acids is 2. The molecule has 3 aromatic rings. The van der Waals surface area contributed by atoms with Crippen LogP contribution in [0.25, 0.3) is 5.57 Å². The van der Waals surface area contributed by atoms with Crippen molar-refractivity contribution in [3.63, 3.8) is 0 Å². The molecule has 0 unspecified atom stereocenters. The summed E-state index contributed by atoms with van der Waals surface area (Å²) in [5.41, 5.74) is 2.11. The fourth-order valence-electron chi connectivity index (χ4n) is 3.48. The number of amides is 2. The van der Waals surface area contributed by atoms with Crippen LogP contribution in [-0.4, -0.2) is 18.4 Å². The number of para-hydroxylation sites is 2. The molecule has 32 heavy (non-hydrogen) atoms. The van der Waals surface area contributed by atoms with Crippen molar-refractivity contribution in [2.75, 3.05) is 16.8 Å². The monoisotopic (exact) mass is 434 g/mol. The number of rotatable bonds is 6. The first-order valence-electron chi connectivity index (χ1n) is 10.0. The number of ether oxygens (including phenoxy) is 1. The van der Waals surface area contributed by atoms with Crippen LogP contribution in [0.5, 0.6) is 5.75 Å². The first-order chi connectivity index (χ1) is 15.4. The van der Waals surface area contributed by atoms with E-state index in [4.69, 9.17) is 4.74 Å². The lowest BCUT2D eigenvalue weighted by Gasteiger charge is -2.16. The van der Waals surface area contributed by atoms with Gasteiger partial charge in [0.2, 0.25) is 0 Å². The molecule has 1 aliphatic heterocycles. The Morgan fingerprint density at radius 1 is 0.906 bits per heavy atom. The molecule has 3 aromatic carbocycles. The van der Waals surface area contributed by atoms with Crippen molar-refractivity contribution < 1.29 is 23.1 Å². The number of anilines is 2. The standard InChI is InChI=1S/C25H20F2N2O3/c1-3-32-21-7-5-4-6-20(21)28-23-22(16-10-8-15(2)9-11-16)24(30)29(25(23)31)17-12-13-18(26)19(27)14-17/h4-14,28H,3H2,1-2H3. The van der Waals surface area contributed by atoms with Crippen molar-refractivity contribution in [1.29, 1.82) is 0 Å². The molecule has 4 rings (SSSR count). The number of hydrogen-bond donors (Lipinski definition) is 1. The Hall–Kier alpha value is -4.00. The first kappa shape index (κ1) is 21.2. The van der Waals surface area contributed by atoms with Crippen molar-refractivity contribution >= 4 is 28.8 Å². The van der Waals surface area contributed by atoms with Crippen molar-refractivity contribution in [3.05, 3.63) is 95.2 Å². The number of halogens is 2. The number of benzene rings is 3. The molecule has 2 amide bonds. The van der Waals surface area contributed by atoms with Gasteiger partial charge in [-0.3, -0.25) is 9.59 Å². The zero-order valence-electron chi connectivity index (χ0n) is 17.5. The topological polar surface area (TPSA) is 58.6 Å². The summed E-state index contributed by atoms with van der Waals surface area (Å²) in [4.78, 5) is 27.6. The maximum absolute atomic E-state index is 13.9. The predicted octanol–water partition coefficient (Wildman–Crippen LogP) is 5.07. The van der Waals surface area contributed by atoms with Crippen molar-refractivity contribution in [2.24, 2.45) is 0 Å². The Bertz CT molecular complexity index is 1240. The van der Waals surface area contributed by atoms with E-state index in [2.05, 4.69) is 5.32 Å². The van der Waals surface area contributed by atoms with Crippen LogP contribution < -0.4 is 15.0 Å². The maximum Gasteiger partial charge on any atom is 0.282 e. The van der Waals surface area contributed by atoms with Gasteiger partial charge in [-0.05, 0) is 43.7 Å². The van der Waals surface area contributed by atoms with Crippen LogP contribution in [0, 0.1) is 18.6 Å². The highest BCUT2D eigenvalue weighted by atomic mass is 19.2.